The Morgan fingerprint density at radius 1 is 1.14 bits per heavy atom. The van der Waals surface area contributed by atoms with Gasteiger partial charge in [0.1, 0.15) is 0 Å². The Kier molecular flexibility index (Phi) is 3.97. The molecule has 0 heterocycles. The first-order chi connectivity index (χ1) is 10.1. The SMILES string of the molecule is O=C(O)c1ccc(CNc2ccc3c(c2)CCC3)c(Br)c1. The average molecular weight is 346 g/mol. The minimum Gasteiger partial charge on any atom is -0.478 e. The van der Waals surface area contributed by atoms with Crippen LogP contribution in [-0.4, -0.2) is 11.1 Å². The molecular formula is C17H16BrNO2. The molecule has 0 radical (unpaired) electrons. The zero-order valence-corrected chi connectivity index (χ0v) is 13.1. The third-order valence-electron chi connectivity index (χ3n) is 3.88. The number of fused-ring (bicyclic) bond motifs is 1. The molecule has 108 valence electrons. The first-order valence-electron chi connectivity index (χ1n) is 7.01. The maximum absolute atomic E-state index is 10.9. The molecule has 3 nitrogen and oxygen atoms in total. The first kappa shape index (κ1) is 14.1. The average Bonchev–Trinajstić information content (AvgIpc) is 2.93. The molecule has 0 bridgehead atoms. The van der Waals surface area contributed by atoms with E-state index in [9.17, 15) is 4.79 Å². The summed E-state index contributed by atoms with van der Waals surface area (Å²) in [6.45, 7) is 0.666. The zero-order chi connectivity index (χ0) is 14.8. The molecule has 2 aromatic rings. The number of anilines is 1. The Bertz CT molecular complexity index is 697. The van der Waals surface area contributed by atoms with Crippen LogP contribution in [-0.2, 0) is 19.4 Å². The zero-order valence-electron chi connectivity index (χ0n) is 11.5. The minimum atomic E-state index is -0.908. The molecule has 1 aliphatic carbocycles. The van der Waals surface area contributed by atoms with Gasteiger partial charge in [-0.05, 0) is 60.2 Å². The number of aryl methyl sites for hydroxylation is 2. The number of benzene rings is 2. The van der Waals surface area contributed by atoms with Gasteiger partial charge in [0.2, 0.25) is 0 Å². The molecule has 21 heavy (non-hydrogen) atoms. The van der Waals surface area contributed by atoms with Crippen molar-refractivity contribution in [3.05, 3.63) is 63.1 Å². The lowest BCUT2D eigenvalue weighted by Gasteiger charge is -2.10. The number of nitrogens with one attached hydrogen (secondary N) is 1. The van der Waals surface area contributed by atoms with E-state index in [-0.39, 0.29) is 0 Å². The Morgan fingerprint density at radius 2 is 1.95 bits per heavy atom. The number of carbonyl (C=O) groups is 1. The van der Waals surface area contributed by atoms with Gasteiger partial charge in [0.15, 0.2) is 0 Å². The van der Waals surface area contributed by atoms with E-state index < -0.39 is 5.97 Å². The number of carboxylic acid groups (broad SMARTS) is 1. The molecule has 0 fully saturated rings. The Hall–Kier alpha value is -1.81. The second-order valence-electron chi connectivity index (χ2n) is 5.30. The van der Waals surface area contributed by atoms with Crippen molar-refractivity contribution in [1.82, 2.24) is 0 Å². The smallest absolute Gasteiger partial charge is 0.335 e. The predicted molar refractivity (Wildman–Crippen MR) is 86.9 cm³/mol. The highest BCUT2D eigenvalue weighted by atomic mass is 79.9. The van der Waals surface area contributed by atoms with E-state index in [4.69, 9.17) is 5.11 Å². The van der Waals surface area contributed by atoms with E-state index in [1.54, 1.807) is 12.1 Å². The Morgan fingerprint density at radius 3 is 2.71 bits per heavy atom. The molecular weight excluding hydrogens is 330 g/mol. The standard InChI is InChI=1S/C17H16BrNO2/c18-16-9-13(17(20)21)4-5-14(16)10-19-15-7-6-11-2-1-3-12(11)8-15/h4-9,19H,1-3,10H2,(H,20,21). The van der Waals surface area contributed by atoms with E-state index in [0.29, 0.717) is 12.1 Å². The number of hydrogen-bond acceptors (Lipinski definition) is 2. The number of aromatic carboxylic acids is 1. The first-order valence-corrected chi connectivity index (χ1v) is 7.80. The van der Waals surface area contributed by atoms with Crippen molar-refractivity contribution in [3.63, 3.8) is 0 Å². The lowest BCUT2D eigenvalue weighted by molar-refractivity contribution is 0.0697. The van der Waals surface area contributed by atoms with Crippen LogP contribution in [0.2, 0.25) is 0 Å². The van der Waals surface area contributed by atoms with E-state index in [0.717, 1.165) is 15.7 Å². The maximum Gasteiger partial charge on any atom is 0.335 e. The highest BCUT2D eigenvalue weighted by Crippen LogP contribution is 2.26. The second-order valence-corrected chi connectivity index (χ2v) is 6.16. The lowest BCUT2D eigenvalue weighted by Crippen LogP contribution is -2.03. The number of carboxylic acids is 1. The van der Waals surface area contributed by atoms with Gasteiger partial charge in [0.25, 0.3) is 0 Å². The largest absolute Gasteiger partial charge is 0.478 e. The van der Waals surface area contributed by atoms with Crippen molar-refractivity contribution in [3.8, 4) is 0 Å². The molecule has 0 aliphatic heterocycles. The van der Waals surface area contributed by atoms with Gasteiger partial charge >= 0.3 is 5.97 Å². The van der Waals surface area contributed by atoms with Crippen LogP contribution in [0.4, 0.5) is 5.69 Å². The summed E-state index contributed by atoms with van der Waals surface area (Å²) in [4.78, 5) is 10.9. The molecule has 0 amide bonds. The van der Waals surface area contributed by atoms with Gasteiger partial charge in [-0.2, -0.15) is 0 Å². The lowest BCUT2D eigenvalue weighted by atomic mass is 10.1. The van der Waals surface area contributed by atoms with Crippen LogP contribution in [0.1, 0.15) is 33.5 Å². The molecule has 0 spiro atoms. The fourth-order valence-electron chi connectivity index (χ4n) is 2.70. The maximum atomic E-state index is 10.9. The van der Waals surface area contributed by atoms with Gasteiger partial charge in [-0.3, -0.25) is 0 Å². The summed E-state index contributed by atoms with van der Waals surface area (Å²) in [5.74, 6) is -0.908. The monoisotopic (exact) mass is 345 g/mol. The fraction of sp³-hybridized carbons (Fsp3) is 0.235. The molecule has 0 saturated carbocycles. The summed E-state index contributed by atoms with van der Waals surface area (Å²) in [6.07, 6.45) is 3.61. The van der Waals surface area contributed by atoms with Crippen LogP contribution in [0.15, 0.2) is 40.9 Å². The summed E-state index contributed by atoms with van der Waals surface area (Å²) in [7, 11) is 0. The Balaban J connectivity index is 1.71. The molecule has 2 aromatic carbocycles. The second kappa shape index (κ2) is 5.90. The predicted octanol–water partition coefficient (Wildman–Crippen LogP) is 4.25. The molecule has 3 rings (SSSR count). The van der Waals surface area contributed by atoms with Crippen molar-refractivity contribution in [2.75, 3.05) is 5.32 Å². The number of halogens is 1. The quantitative estimate of drug-likeness (QED) is 0.870. The van der Waals surface area contributed by atoms with E-state index in [1.807, 2.05) is 6.07 Å². The van der Waals surface area contributed by atoms with Crippen molar-refractivity contribution < 1.29 is 9.90 Å². The van der Waals surface area contributed by atoms with Crippen molar-refractivity contribution in [1.29, 1.82) is 0 Å². The van der Waals surface area contributed by atoms with Gasteiger partial charge in [0.05, 0.1) is 5.56 Å². The van der Waals surface area contributed by atoms with E-state index in [1.165, 1.54) is 30.4 Å². The van der Waals surface area contributed by atoms with Gasteiger partial charge in [0, 0.05) is 16.7 Å². The fourth-order valence-corrected chi connectivity index (χ4v) is 3.22. The van der Waals surface area contributed by atoms with Crippen molar-refractivity contribution in [2.45, 2.75) is 25.8 Å². The normalized spacial score (nSPS) is 13.0. The number of hydrogen-bond donors (Lipinski definition) is 2. The van der Waals surface area contributed by atoms with Crippen LogP contribution in [0.5, 0.6) is 0 Å². The van der Waals surface area contributed by atoms with Crippen LogP contribution in [0.25, 0.3) is 0 Å². The summed E-state index contributed by atoms with van der Waals surface area (Å²) in [6, 6.07) is 11.7. The summed E-state index contributed by atoms with van der Waals surface area (Å²) < 4.78 is 0.816. The highest BCUT2D eigenvalue weighted by Gasteiger charge is 2.11. The molecule has 4 heteroatoms. The Labute approximate surface area is 132 Å². The summed E-state index contributed by atoms with van der Waals surface area (Å²) in [5, 5.41) is 12.4. The third-order valence-corrected chi connectivity index (χ3v) is 4.62. The van der Waals surface area contributed by atoms with Crippen molar-refractivity contribution >= 4 is 27.6 Å². The van der Waals surface area contributed by atoms with Crippen LogP contribution in [0, 0.1) is 0 Å². The summed E-state index contributed by atoms with van der Waals surface area (Å²) >= 11 is 3.44. The van der Waals surface area contributed by atoms with Crippen molar-refractivity contribution in [2.24, 2.45) is 0 Å². The molecule has 0 atom stereocenters. The van der Waals surface area contributed by atoms with E-state index in [2.05, 4.69) is 39.4 Å². The van der Waals surface area contributed by atoms with Gasteiger partial charge in [-0.15, -0.1) is 0 Å². The molecule has 2 N–H and O–H groups in total. The third kappa shape index (κ3) is 3.10. The summed E-state index contributed by atoms with van der Waals surface area (Å²) in [5.41, 5.74) is 5.36. The highest BCUT2D eigenvalue weighted by molar-refractivity contribution is 9.10. The van der Waals surface area contributed by atoms with Crippen LogP contribution >= 0.6 is 15.9 Å². The molecule has 1 aliphatic rings. The topological polar surface area (TPSA) is 49.3 Å². The van der Waals surface area contributed by atoms with Gasteiger partial charge < -0.3 is 10.4 Å². The molecule has 0 saturated heterocycles. The molecule has 0 aromatic heterocycles. The van der Waals surface area contributed by atoms with Crippen LogP contribution in [0.3, 0.4) is 0 Å². The number of rotatable bonds is 4. The van der Waals surface area contributed by atoms with E-state index >= 15 is 0 Å². The van der Waals surface area contributed by atoms with Gasteiger partial charge in [-0.25, -0.2) is 4.79 Å². The molecule has 0 unspecified atom stereocenters. The van der Waals surface area contributed by atoms with Crippen LogP contribution < -0.4 is 5.32 Å². The minimum absolute atomic E-state index is 0.295. The van der Waals surface area contributed by atoms with Gasteiger partial charge in [-0.1, -0.05) is 28.1 Å².